The van der Waals surface area contributed by atoms with E-state index in [4.69, 9.17) is 4.74 Å². The zero-order valence-corrected chi connectivity index (χ0v) is 16.3. The molecule has 140 valence electrons. The predicted octanol–water partition coefficient (Wildman–Crippen LogP) is 4.49. The highest BCUT2D eigenvalue weighted by Crippen LogP contribution is 2.71. The van der Waals surface area contributed by atoms with Crippen molar-refractivity contribution in [3.8, 4) is 0 Å². The van der Waals surface area contributed by atoms with E-state index >= 15 is 0 Å². The molecule has 3 saturated carbocycles. The van der Waals surface area contributed by atoms with Crippen LogP contribution < -0.4 is 0 Å². The number of aliphatic hydroxyl groups is 1. The van der Waals surface area contributed by atoms with Gasteiger partial charge in [0.05, 0.1) is 12.2 Å². The molecule has 0 aliphatic heterocycles. The van der Waals surface area contributed by atoms with Gasteiger partial charge in [-0.1, -0.05) is 32.4 Å². The fraction of sp³-hybridized carbons (Fsp3) is 0.864. The number of rotatable bonds is 2. The van der Waals surface area contributed by atoms with Crippen LogP contribution in [0.2, 0.25) is 0 Å². The minimum Gasteiger partial charge on any atom is -0.465 e. The third kappa shape index (κ3) is 2.44. The normalized spacial score (nSPS) is 53.9. The number of esters is 1. The van der Waals surface area contributed by atoms with Crippen LogP contribution in [0.3, 0.4) is 0 Å². The maximum Gasteiger partial charge on any atom is 0.302 e. The molecule has 0 heterocycles. The lowest BCUT2D eigenvalue weighted by molar-refractivity contribution is -0.162. The molecule has 3 nitrogen and oxygen atoms in total. The van der Waals surface area contributed by atoms with Crippen LogP contribution in [0, 0.1) is 34.0 Å². The molecule has 7 unspecified atom stereocenters. The van der Waals surface area contributed by atoms with Gasteiger partial charge in [0.2, 0.25) is 0 Å². The van der Waals surface area contributed by atoms with Gasteiger partial charge in [-0.3, -0.25) is 4.79 Å². The van der Waals surface area contributed by atoms with Gasteiger partial charge in [-0.2, -0.15) is 0 Å². The van der Waals surface area contributed by atoms with Gasteiger partial charge in [-0.15, -0.1) is 0 Å². The number of fused-ring (bicyclic) bond motifs is 3. The van der Waals surface area contributed by atoms with Crippen molar-refractivity contribution < 1.29 is 14.6 Å². The lowest BCUT2D eigenvalue weighted by Gasteiger charge is -2.63. The Labute approximate surface area is 152 Å². The summed E-state index contributed by atoms with van der Waals surface area (Å²) in [7, 11) is 0. The molecule has 4 aliphatic carbocycles. The first-order valence-electron chi connectivity index (χ1n) is 10.2. The molecule has 4 aliphatic rings. The molecule has 25 heavy (non-hydrogen) atoms. The lowest BCUT2D eigenvalue weighted by atomic mass is 9.42. The molecule has 0 aromatic carbocycles. The topological polar surface area (TPSA) is 46.5 Å². The number of ether oxygens (including phenoxy) is 1. The molecule has 0 radical (unpaired) electrons. The van der Waals surface area contributed by atoms with E-state index in [2.05, 4.69) is 26.0 Å². The van der Waals surface area contributed by atoms with Gasteiger partial charge in [-0.25, -0.2) is 0 Å². The standard InChI is InChI=1S/C22H34O3/c1-15(23)25-14-19(2)9-5-10-20(3)17(19)8-11-22-12-16(6-7-18(20)22)21(4,24)13-22/h6-7,16-18,24H,5,8-14H2,1-4H3. The molecule has 3 fully saturated rings. The smallest absolute Gasteiger partial charge is 0.302 e. The molecule has 3 heteroatoms. The molecular formula is C22H34O3. The van der Waals surface area contributed by atoms with Crippen LogP contribution in [0.5, 0.6) is 0 Å². The summed E-state index contributed by atoms with van der Waals surface area (Å²) in [6.07, 6.45) is 13.0. The zero-order valence-electron chi connectivity index (χ0n) is 16.3. The van der Waals surface area contributed by atoms with E-state index in [-0.39, 0.29) is 22.2 Å². The maximum absolute atomic E-state index is 11.4. The van der Waals surface area contributed by atoms with Crippen LogP contribution >= 0.6 is 0 Å². The van der Waals surface area contributed by atoms with Crippen LogP contribution in [0.1, 0.15) is 72.6 Å². The van der Waals surface area contributed by atoms with Gasteiger partial charge in [0.25, 0.3) is 0 Å². The Bertz CT molecular complexity index is 608. The molecule has 0 aromatic heterocycles. The second-order valence-electron chi connectivity index (χ2n) is 10.5. The Kier molecular flexibility index (Phi) is 3.76. The Hall–Kier alpha value is -0.830. The average Bonchev–Trinajstić information content (AvgIpc) is 2.70. The first-order valence-corrected chi connectivity index (χ1v) is 10.2. The van der Waals surface area contributed by atoms with Gasteiger partial charge in [0.15, 0.2) is 0 Å². The lowest BCUT2D eigenvalue weighted by Crippen LogP contribution is -2.56. The third-order valence-corrected chi connectivity index (χ3v) is 8.68. The van der Waals surface area contributed by atoms with E-state index in [0.29, 0.717) is 24.4 Å². The van der Waals surface area contributed by atoms with E-state index < -0.39 is 5.60 Å². The van der Waals surface area contributed by atoms with Crippen molar-refractivity contribution in [2.45, 2.75) is 78.2 Å². The van der Waals surface area contributed by atoms with Crippen molar-refractivity contribution in [3.63, 3.8) is 0 Å². The van der Waals surface area contributed by atoms with Gasteiger partial charge < -0.3 is 9.84 Å². The van der Waals surface area contributed by atoms with Gasteiger partial charge >= 0.3 is 5.97 Å². The largest absolute Gasteiger partial charge is 0.465 e. The average molecular weight is 347 g/mol. The zero-order chi connectivity index (χ0) is 18.1. The highest BCUT2D eigenvalue weighted by Gasteiger charge is 2.65. The monoisotopic (exact) mass is 346 g/mol. The summed E-state index contributed by atoms with van der Waals surface area (Å²) in [6, 6.07) is 0. The second-order valence-corrected chi connectivity index (χ2v) is 10.5. The highest BCUT2D eigenvalue weighted by atomic mass is 16.5. The van der Waals surface area contributed by atoms with Crippen LogP contribution in [0.4, 0.5) is 0 Å². The molecule has 0 saturated heterocycles. The molecule has 1 N–H and O–H groups in total. The van der Waals surface area contributed by atoms with Crippen molar-refractivity contribution in [1.82, 2.24) is 0 Å². The number of hydrogen-bond acceptors (Lipinski definition) is 3. The minimum atomic E-state index is -0.538. The fourth-order valence-electron chi connectivity index (χ4n) is 7.74. The summed E-state index contributed by atoms with van der Waals surface area (Å²) in [4.78, 5) is 11.4. The summed E-state index contributed by atoms with van der Waals surface area (Å²) in [5.41, 5.74) is 0.0946. The first kappa shape index (κ1) is 17.6. The summed E-state index contributed by atoms with van der Waals surface area (Å²) in [5, 5.41) is 10.9. The van der Waals surface area contributed by atoms with Crippen molar-refractivity contribution in [1.29, 1.82) is 0 Å². The summed E-state index contributed by atoms with van der Waals surface area (Å²) in [6.45, 7) is 8.96. The molecule has 2 bridgehead atoms. The molecule has 0 aromatic rings. The number of carbonyl (C=O) groups is 1. The SMILES string of the molecule is CC(=O)OCC1(C)CCCC2(C)C1CCC13CC(C=CC12)C(C)(O)C3. The molecular weight excluding hydrogens is 312 g/mol. The molecule has 7 atom stereocenters. The number of carbonyl (C=O) groups excluding carboxylic acids is 1. The second kappa shape index (κ2) is 5.34. The van der Waals surface area contributed by atoms with Crippen molar-refractivity contribution in [3.05, 3.63) is 12.2 Å². The maximum atomic E-state index is 11.4. The summed E-state index contributed by atoms with van der Waals surface area (Å²) in [5.74, 6) is 1.32. The number of hydrogen-bond donors (Lipinski definition) is 1. The molecule has 4 rings (SSSR count). The van der Waals surface area contributed by atoms with Crippen LogP contribution in [0.25, 0.3) is 0 Å². The first-order chi connectivity index (χ1) is 11.6. The van der Waals surface area contributed by atoms with E-state index in [1.54, 1.807) is 0 Å². The Morgan fingerprint density at radius 1 is 1.20 bits per heavy atom. The van der Waals surface area contributed by atoms with Gasteiger partial charge in [0.1, 0.15) is 0 Å². The number of allylic oxidation sites excluding steroid dienone is 1. The Balaban J connectivity index is 1.67. The predicted molar refractivity (Wildman–Crippen MR) is 97.8 cm³/mol. The van der Waals surface area contributed by atoms with Crippen molar-refractivity contribution >= 4 is 5.97 Å². The van der Waals surface area contributed by atoms with E-state index in [0.717, 1.165) is 19.3 Å². The van der Waals surface area contributed by atoms with Crippen LogP contribution in [-0.2, 0) is 9.53 Å². The van der Waals surface area contributed by atoms with E-state index in [9.17, 15) is 9.90 Å². The van der Waals surface area contributed by atoms with E-state index in [1.807, 2.05) is 6.92 Å². The van der Waals surface area contributed by atoms with Crippen LogP contribution in [-0.4, -0.2) is 23.3 Å². The highest BCUT2D eigenvalue weighted by molar-refractivity contribution is 5.65. The molecule has 0 amide bonds. The molecule has 1 spiro atoms. The summed E-state index contributed by atoms with van der Waals surface area (Å²) < 4.78 is 5.51. The quantitative estimate of drug-likeness (QED) is 0.592. The third-order valence-electron chi connectivity index (χ3n) is 8.68. The van der Waals surface area contributed by atoms with Crippen molar-refractivity contribution in [2.75, 3.05) is 6.61 Å². The fourth-order valence-corrected chi connectivity index (χ4v) is 7.74. The van der Waals surface area contributed by atoms with Gasteiger partial charge in [0, 0.05) is 18.3 Å². The summed E-state index contributed by atoms with van der Waals surface area (Å²) >= 11 is 0. The van der Waals surface area contributed by atoms with E-state index in [1.165, 1.54) is 32.6 Å². The van der Waals surface area contributed by atoms with Gasteiger partial charge in [-0.05, 0) is 68.1 Å². The Morgan fingerprint density at radius 2 is 1.96 bits per heavy atom. The van der Waals surface area contributed by atoms with Crippen molar-refractivity contribution in [2.24, 2.45) is 34.0 Å². The minimum absolute atomic E-state index is 0.0894. The van der Waals surface area contributed by atoms with Crippen LogP contribution in [0.15, 0.2) is 12.2 Å². The Morgan fingerprint density at radius 3 is 2.68 bits per heavy atom.